The number of nitrogens with zero attached hydrogens (tertiary/aromatic N) is 1. The highest BCUT2D eigenvalue weighted by Crippen LogP contribution is 2.44. The molecule has 2 aromatic rings. The zero-order valence-corrected chi connectivity index (χ0v) is 18.8. The van der Waals surface area contributed by atoms with Crippen molar-refractivity contribution >= 4 is 17.3 Å². The zero-order valence-electron chi connectivity index (χ0n) is 18.8. The van der Waals surface area contributed by atoms with E-state index in [9.17, 15) is 9.90 Å². The lowest BCUT2D eigenvalue weighted by molar-refractivity contribution is 0.0802. The normalized spacial score (nSPS) is 20.8. The minimum atomic E-state index is -0.955. The van der Waals surface area contributed by atoms with Gasteiger partial charge in [-0.05, 0) is 53.3 Å². The Morgan fingerprint density at radius 2 is 2.03 bits per heavy atom. The molecule has 7 heteroatoms. The number of benzene rings is 2. The number of carbonyl (C=O) groups is 1. The van der Waals surface area contributed by atoms with E-state index in [2.05, 4.69) is 53.6 Å². The van der Waals surface area contributed by atoms with E-state index in [0.29, 0.717) is 5.56 Å². The van der Waals surface area contributed by atoms with Crippen LogP contribution in [0.5, 0.6) is 0 Å². The Hall–Kier alpha value is -2.61. The second kappa shape index (κ2) is 9.48. The van der Waals surface area contributed by atoms with Gasteiger partial charge in [0.1, 0.15) is 0 Å². The summed E-state index contributed by atoms with van der Waals surface area (Å²) >= 11 is 0. The molecule has 0 radical (unpaired) electrons. The van der Waals surface area contributed by atoms with Gasteiger partial charge in [0.25, 0.3) is 5.91 Å². The highest BCUT2D eigenvalue weighted by Gasteiger charge is 2.34. The molecule has 0 spiro atoms. The quantitative estimate of drug-likeness (QED) is 0.553. The summed E-state index contributed by atoms with van der Waals surface area (Å²) in [4.78, 5) is 14.9. The number of amides is 1. The molecular formula is C25H33N3O4. The third kappa shape index (κ3) is 4.90. The number of aliphatic hydroxyl groups is 2. The molecule has 0 aromatic heterocycles. The Balaban J connectivity index is 1.53. The molecule has 0 aliphatic carbocycles. The van der Waals surface area contributed by atoms with Crippen molar-refractivity contribution in [1.29, 1.82) is 0 Å². The summed E-state index contributed by atoms with van der Waals surface area (Å²) in [6.45, 7) is 7.42. The van der Waals surface area contributed by atoms with Crippen LogP contribution in [0.3, 0.4) is 0 Å². The smallest absolute Gasteiger partial charge is 0.251 e. The topological polar surface area (TPSA) is 94.1 Å². The molecule has 7 nitrogen and oxygen atoms in total. The van der Waals surface area contributed by atoms with Gasteiger partial charge in [-0.2, -0.15) is 0 Å². The molecule has 32 heavy (non-hydrogen) atoms. The van der Waals surface area contributed by atoms with Crippen LogP contribution in [0.1, 0.15) is 47.8 Å². The van der Waals surface area contributed by atoms with E-state index < -0.39 is 6.10 Å². The molecule has 172 valence electrons. The first-order valence-corrected chi connectivity index (χ1v) is 11.3. The third-order valence-electron chi connectivity index (χ3n) is 6.41. The number of nitrogens with one attached hydrogen (secondary N) is 2. The second-order valence-electron chi connectivity index (χ2n) is 9.29. The summed E-state index contributed by atoms with van der Waals surface area (Å²) in [6.07, 6.45) is -0.0513. The fraction of sp³-hybridized carbons (Fsp3) is 0.480. The van der Waals surface area contributed by atoms with Crippen LogP contribution in [-0.4, -0.2) is 61.7 Å². The molecule has 2 unspecified atom stereocenters. The van der Waals surface area contributed by atoms with Crippen molar-refractivity contribution in [2.24, 2.45) is 0 Å². The lowest BCUT2D eigenvalue weighted by Gasteiger charge is -2.39. The number of fused-ring (bicyclic) bond motifs is 1. The average Bonchev–Trinajstić information content (AvgIpc) is 2.82. The first-order valence-electron chi connectivity index (χ1n) is 11.3. The van der Waals surface area contributed by atoms with Gasteiger partial charge >= 0.3 is 0 Å². The molecule has 2 aromatic carbocycles. The van der Waals surface area contributed by atoms with E-state index >= 15 is 0 Å². The van der Waals surface area contributed by atoms with Crippen molar-refractivity contribution in [3.63, 3.8) is 0 Å². The average molecular weight is 440 g/mol. The van der Waals surface area contributed by atoms with Crippen molar-refractivity contribution in [2.75, 3.05) is 49.7 Å². The predicted molar refractivity (Wildman–Crippen MR) is 125 cm³/mol. The largest absolute Gasteiger partial charge is 0.394 e. The number of carbonyl (C=O) groups excluding carboxylic acids is 1. The van der Waals surface area contributed by atoms with Crippen LogP contribution in [0.2, 0.25) is 0 Å². The molecule has 0 saturated carbocycles. The lowest BCUT2D eigenvalue weighted by Crippen LogP contribution is -2.36. The van der Waals surface area contributed by atoms with Crippen LogP contribution in [0.15, 0.2) is 42.5 Å². The van der Waals surface area contributed by atoms with Gasteiger partial charge in [0.15, 0.2) is 0 Å². The number of rotatable bonds is 6. The van der Waals surface area contributed by atoms with Crippen LogP contribution in [0, 0.1) is 0 Å². The van der Waals surface area contributed by atoms with Crippen molar-refractivity contribution < 1.29 is 19.7 Å². The van der Waals surface area contributed by atoms with Gasteiger partial charge in [-0.15, -0.1) is 0 Å². The zero-order chi connectivity index (χ0) is 22.7. The molecular weight excluding hydrogens is 406 g/mol. The van der Waals surface area contributed by atoms with Gasteiger partial charge in [0.2, 0.25) is 0 Å². The fourth-order valence-electron chi connectivity index (χ4n) is 4.57. The minimum absolute atomic E-state index is 0.0234. The maximum atomic E-state index is 12.5. The number of hydrogen-bond acceptors (Lipinski definition) is 6. The number of aliphatic hydroxyl groups excluding tert-OH is 2. The Morgan fingerprint density at radius 3 is 2.78 bits per heavy atom. The summed E-state index contributed by atoms with van der Waals surface area (Å²) in [5.41, 5.74) is 5.06. The Morgan fingerprint density at radius 1 is 1.25 bits per heavy atom. The van der Waals surface area contributed by atoms with E-state index in [1.54, 1.807) is 6.07 Å². The summed E-state index contributed by atoms with van der Waals surface area (Å²) in [6, 6.07) is 14.6. The van der Waals surface area contributed by atoms with Crippen LogP contribution in [0.25, 0.3) is 0 Å². The van der Waals surface area contributed by atoms with Crippen molar-refractivity contribution in [3.05, 3.63) is 59.2 Å². The molecule has 1 saturated heterocycles. The molecule has 2 atom stereocenters. The van der Waals surface area contributed by atoms with Crippen molar-refractivity contribution in [2.45, 2.75) is 37.8 Å². The molecule has 2 aliphatic heterocycles. The van der Waals surface area contributed by atoms with Crippen LogP contribution >= 0.6 is 0 Å². The Kier molecular flexibility index (Phi) is 6.69. The van der Waals surface area contributed by atoms with Gasteiger partial charge in [-0.25, -0.2) is 0 Å². The number of anilines is 2. The first kappa shape index (κ1) is 22.6. The molecule has 1 fully saturated rings. The summed E-state index contributed by atoms with van der Waals surface area (Å²) in [5, 5.41) is 24.8. The maximum absolute atomic E-state index is 12.5. The van der Waals surface area contributed by atoms with Crippen molar-refractivity contribution in [1.82, 2.24) is 5.32 Å². The molecule has 2 aliphatic rings. The van der Waals surface area contributed by atoms with E-state index in [1.807, 2.05) is 12.1 Å². The lowest BCUT2D eigenvalue weighted by atomic mass is 9.73. The summed E-state index contributed by atoms with van der Waals surface area (Å²) in [5.74, 6) is -0.253. The number of morpholine rings is 1. The van der Waals surface area contributed by atoms with Crippen LogP contribution < -0.4 is 15.5 Å². The maximum Gasteiger partial charge on any atom is 0.251 e. The summed E-state index contributed by atoms with van der Waals surface area (Å²) < 4.78 is 5.49. The van der Waals surface area contributed by atoms with E-state index in [1.165, 1.54) is 11.3 Å². The SMILES string of the molecule is CC1(C)CC(c2cccc(N3CCOCC3)c2)Nc2ccc(C(=O)NCC(O)CO)cc21. The molecule has 1 amide bonds. The van der Waals surface area contributed by atoms with Crippen molar-refractivity contribution in [3.8, 4) is 0 Å². The molecule has 4 N–H and O–H groups in total. The van der Waals surface area contributed by atoms with E-state index in [4.69, 9.17) is 9.84 Å². The minimum Gasteiger partial charge on any atom is -0.394 e. The van der Waals surface area contributed by atoms with Gasteiger partial charge < -0.3 is 30.5 Å². The highest BCUT2D eigenvalue weighted by molar-refractivity contribution is 5.95. The monoisotopic (exact) mass is 439 g/mol. The highest BCUT2D eigenvalue weighted by atomic mass is 16.5. The first-order chi connectivity index (χ1) is 15.4. The van der Waals surface area contributed by atoms with E-state index in [0.717, 1.165) is 44.0 Å². The van der Waals surface area contributed by atoms with Gasteiger partial charge in [-0.3, -0.25) is 4.79 Å². The Bertz CT molecular complexity index is 956. The number of hydrogen-bond donors (Lipinski definition) is 4. The standard InChI is InChI=1S/C25H33N3O4/c1-25(2)14-23(17-4-3-5-19(12-17)28-8-10-32-11-9-28)27-22-7-6-18(13-21(22)25)24(31)26-15-20(30)16-29/h3-7,12-13,20,23,27,29-30H,8-11,14-16H2,1-2H3,(H,26,31). The van der Waals surface area contributed by atoms with Crippen LogP contribution in [-0.2, 0) is 10.2 Å². The molecule has 4 rings (SSSR count). The van der Waals surface area contributed by atoms with Crippen LogP contribution in [0.4, 0.5) is 11.4 Å². The molecule has 2 heterocycles. The van der Waals surface area contributed by atoms with E-state index in [-0.39, 0.29) is 30.5 Å². The Labute approximate surface area is 189 Å². The summed E-state index contributed by atoms with van der Waals surface area (Å²) in [7, 11) is 0. The fourth-order valence-corrected chi connectivity index (χ4v) is 4.57. The number of ether oxygens (including phenoxy) is 1. The van der Waals surface area contributed by atoms with Gasteiger partial charge in [0, 0.05) is 36.6 Å². The molecule has 0 bridgehead atoms. The predicted octanol–water partition coefficient (Wildman–Crippen LogP) is 2.44. The second-order valence-corrected chi connectivity index (χ2v) is 9.29. The van der Waals surface area contributed by atoms with Gasteiger partial charge in [0.05, 0.1) is 32.0 Å². The third-order valence-corrected chi connectivity index (χ3v) is 6.41. The van der Waals surface area contributed by atoms with Gasteiger partial charge in [-0.1, -0.05) is 26.0 Å².